The van der Waals surface area contributed by atoms with E-state index >= 15 is 0 Å². The minimum Gasteiger partial charge on any atom is -0.372 e. The average molecular weight is 440 g/mol. The summed E-state index contributed by atoms with van der Waals surface area (Å²) in [6.07, 6.45) is 1.96. The van der Waals surface area contributed by atoms with Gasteiger partial charge in [0.1, 0.15) is 0 Å². The third-order valence-electron chi connectivity index (χ3n) is 6.22. The summed E-state index contributed by atoms with van der Waals surface area (Å²) in [6.45, 7) is 16.1. The molecule has 2 N–H and O–H groups in total. The Morgan fingerprint density at radius 3 is 2.00 bits per heavy atom. The monoisotopic (exact) mass is 439 g/mol. The van der Waals surface area contributed by atoms with E-state index in [0.29, 0.717) is 17.1 Å². The Morgan fingerprint density at radius 2 is 1.50 bits per heavy atom. The summed E-state index contributed by atoms with van der Waals surface area (Å²) in [5, 5.41) is 1.30. The first-order valence-electron chi connectivity index (χ1n) is 11.2. The average Bonchev–Trinajstić information content (AvgIpc) is 2.76. The molecular weight excluding hydrogens is 402 g/mol. The molecule has 2 aromatic rings. The lowest BCUT2D eigenvalue weighted by molar-refractivity contribution is -0.120. The predicted molar refractivity (Wildman–Crippen MR) is 131 cm³/mol. The van der Waals surface area contributed by atoms with Crippen LogP contribution < -0.4 is 20.8 Å². The lowest BCUT2D eigenvalue weighted by Gasteiger charge is -2.31. The van der Waals surface area contributed by atoms with E-state index in [1.165, 1.54) is 24.5 Å². The second-order valence-corrected chi connectivity index (χ2v) is 9.44. The van der Waals surface area contributed by atoms with Crippen molar-refractivity contribution in [3.8, 4) is 5.75 Å². The summed E-state index contributed by atoms with van der Waals surface area (Å²) in [6, 6.07) is 13.4. The maximum absolute atomic E-state index is 12.5. The molecule has 6 heteroatoms. The molecule has 0 spiro atoms. The van der Waals surface area contributed by atoms with Gasteiger partial charge >= 0.3 is 0 Å². The number of nitrogens with zero attached hydrogens (tertiary/aromatic N) is 1. The fourth-order valence-corrected chi connectivity index (χ4v) is 3.19. The number of benzene rings is 2. The van der Waals surface area contributed by atoms with Gasteiger partial charge in [0.15, 0.2) is 5.75 Å². The number of hydroxylamine groups is 1. The molecule has 174 valence electrons. The number of anilines is 2. The Labute approximate surface area is 192 Å². The summed E-state index contributed by atoms with van der Waals surface area (Å²) < 4.78 is 0. The SMILES string of the molecule is CCC(C)(C)c1ccc(ON(C(C)=O)c2ccc(NNC(C)=O)cc2)c(C(C)(C)CC)c1. The van der Waals surface area contributed by atoms with Crippen LogP contribution in [0.2, 0.25) is 0 Å². The van der Waals surface area contributed by atoms with E-state index in [9.17, 15) is 9.59 Å². The Hall–Kier alpha value is -3.02. The van der Waals surface area contributed by atoms with E-state index in [1.54, 1.807) is 24.3 Å². The first kappa shape index (κ1) is 25.2. The molecule has 0 atom stereocenters. The molecule has 0 aliphatic carbocycles. The zero-order chi connectivity index (χ0) is 24.1. The van der Waals surface area contributed by atoms with E-state index < -0.39 is 0 Å². The number of carbonyl (C=O) groups is 2. The molecule has 0 aromatic heterocycles. The highest BCUT2D eigenvalue weighted by Crippen LogP contribution is 2.39. The molecule has 32 heavy (non-hydrogen) atoms. The number of hydrogen-bond donors (Lipinski definition) is 2. The second-order valence-electron chi connectivity index (χ2n) is 9.44. The fourth-order valence-electron chi connectivity index (χ4n) is 3.19. The quantitative estimate of drug-likeness (QED) is 0.479. The molecule has 0 radical (unpaired) electrons. The van der Waals surface area contributed by atoms with Gasteiger partial charge in [-0.05, 0) is 59.6 Å². The fraction of sp³-hybridized carbons (Fsp3) is 0.462. The molecule has 0 aliphatic heterocycles. The van der Waals surface area contributed by atoms with Crippen LogP contribution in [0.25, 0.3) is 0 Å². The highest BCUT2D eigenvalue weighted by molar-refractivity contribution is 5.90. The van der Waals surface area contributed by atoms with Gasteiger partial charge < -0.3 is 4.84 Å². The standard InChI is InChI=1S/C26H37N3O3/c1-9-25(5,6)20-11-16-24(23(17-20)26(7,8)10-2)32-29(19(4)31)22-14-12-21(13-15-22)28-27-18(3)30/h11-17,28H,9-10H2,1-8H3,(H,27,30). The van der Waals surface area contributed by atoms with Crippen molar-refractivity contribution in [2.75, 3.05) is 10.5 Å². The highest BCUT2D eigenvalue weighted by Gasteiger charge is 2.28. The third kappa shape index (κ3) is 6.02. The van der Waals surface area contributed by atoms with Gasteiger partial charge in [0, 0.05) is 19.4 Å². The van der Waals surface area contributed by atoms with Gasteiger partial charge in [0.25, 0.3) is 5.91 Å². The van der Waals surface area contributed by atoms with Crippen molar-refractivity contribution in [3.05, 3.63) is 53.6 Å². The molecule has 0 bridgehead atoms. The van der Waals surface area contributed by atoms with E-state index in [-0.39, 0.29) is 22.6 Å². The number of rotatable bonds is 9. The maximum Gasteiger partial charge on any atom is 0.256 e. The summed E-state index contributed by atoms with van der Waals surface area (Å²) in [5.41, 5.74) is 8.90. The number of hydrogen-bond acceptors (Lipinski definition) is 4. The van der Waals surface area contributed by atoms with Crippen molar-refractivity contribution in [2.24, 2.45) is 0 Å². The van der Waals surface area contributed by atoms with Crippen LogP contribution in [-0.2, 0) is 20.4 Å². The topological polar surface area (TPSA) is 70.7 Å². The third-order valence-corrected chi connectivity index (χ3v) is 6.22. The highest BCUT2D eigenvalue weighted by atomic mass is 16.7. The van der Waals surface area contributed by atoms with Gasteiger partial charge in [-0.1, -0.05) is 53.7 Å². The molecule has 2 rings (SSSR count). The zero-order valence-corrected chi connectivity index (χ0v) is 20.6. The lowest BCUT2D eigenvalue weighted by atomic mass is 9.76. The van der Waals surface area contributed by atoms with E-state index in [1.807, 2.05) is 6.07 Å². The number of hydrazine groups is 1. The summed E-state index contributed by atoms with van der Waals surface area (Å²) >= 11 is 0. The minimum absolute atomic E-state index is 0.0497. The molecule has 2 aromatic carbocycles. The van der Waals surface area contributed by atoms with Gasteiger partial charge in [0.05, 0.1) is 11.4 Å². The van der Waals surface area contributed by atoms with Crippen LogP contribution in [0.15, 0.2) is 42.5 Å². The molecule has 0 unspecified atom stereocenters. The van der Waals surface area contributed by atoms with Crippen LogP contribution in [0.5, 0.6) is 5.75 Å². The molecule has 0 aliphatic rings. The van der Waals surface area contributed by atoms with E-state index in [0.717, 1.165) is 18.4 Å². The molecular formula is C26H37N3O3. The number of nitrogens with one attached hydrogen (secondary N) is 2. The van der Waals surface area contributed by atoms with E-state index in [2.05, 4.69) is 64.5 Å². The summed E-state index contributed by atoms with van der Waals surface area (Å²) in [7, 11) is 0. The normalized spacial score (nSPS) is 11.6. The van der Waals surface area contributed by atoms with Crippen LogP contribution in [0.1, 0.15) is 79.4 Å². The van der Waals surface area contributed by atoms with Crippen molar-refractivity contribution >= 4 is 23.2 Å². The number of amides is 2. The maximum atomic E-state index is 12.5. The van der Waals surface area contributed by atoms with Crippen molar-refractivity contribution in [3.63, 3.8) is 0 Å². The molecule has 6 nitrogen and oxygen atoms in total. The Morgan fingerprint density at radius 1 is 0.906 bits per heavy atom. The predicted octanol–water partition coefficient (Wildman–Crippen LogP) is 5.87. The Bertz CT molecular complexity index is 949. The largest absolute Gasteiger partial charge is 0.372 e. The van der Waals surface area contributed by atoms with Crippen LogP contribution in [0.4, 0.5) is 11.4 Å². The molecule has 0 saturated carbocycles. The van der Waals surface area contributed by atoms with Crippen LogP contribution in [0.3, 0.4) is 0 Å². The summed E-state index contributed by atoms with van der Waals surface area (Å²) in [5.74, 6) is 0.248. The molecule has 0 saturated heterocycles. The van der Waals surface area contributed by atoms with Gasteiger partial charge in [-0.2, -0.15) is 0 Å². The molecule has 0 heterocycles. The van der Waals surface area contributed by atoms with Crippen molar-refractivity contribution in [1.29, 1.82) is 0 Å². The Balaban J connectivity index is 2.42. The van der Waals surface area contributed by atoms with Gasteiger partial charge in [0.2, 0.25) is 5.91 Å². The Kier molecular flexibility index (Phi) is 7.94. The molecule has 0 fully saturated rings. The van der Waals surface area contributed by atoms with Crippen LogP contribution in [-0.4, -0.2) is 11.8 Å². The van der Waals surface area contributed by atoms with Crippen molar-refractivity contribution in [2.45, 2.75) is 79.1 Å². The van der Waals surface area contributed by atoms with Gasteiger partial charge in [-0.3, -0.25) is 20.4 Å². The summed E-state index contributed by atoms with van der Waals surface area (Å²) in [4.78, 5) is 29.8. The lowest BCUT2D eigenvalue weighted by Crippen LogP contribution is -2.33. The van der Waals surface area contributed by atoms with E-state index in [4.69, 9.17) is 4.84 Å². The first-order chi connectivity index (χ1) is 14.9. The van der Waals surface area contributed by atoms with Crippen LogP contribution >= 0.6 is 0 Å². The van der Waals surface area contributed by atoms with Crippen molar-refractivity contribution < 1.29 is 14.4 Å². The van der Waals surface area contributed by atoms with Gasteiger partial charge in [-0.15, -0.1) is 5.06 Å². The minimum atomic E-state index is -0.231. The first-order valence-corrected chi connectivity index (χ1v) is 11.2. The molecule has 2 amide bonds. The van der Waals surface area contributed by atoms with Gasteiger partial charge in [-0.25, -0.2) is 0 Å². The van der Waals surface area contributed by atoms with Crippen molar-refractivity contribution in [1.82, 2.24) is 5.43 Å². The zero-order valence-electron chi connectivity index (χ0n) is 20.6. The van der Waals surface area contributed by atoms with Crippen LogP contribution in [0, 0.1) is 0 Å². The smallest absolute Gasteiger partial charge is 0.256 e. The second kappa shape index (κ2) is 10.1. The number of carbonyl (C=O) groups excluding carboxylic acids is 2.